The zero-order chi connectivity index (χ0) is 23.3. The molecule has 33 heavy (non-hydrogen) atoms. The van der Waals surface area contributed by atoms with E-state index >= 15 is 0 Å². The first-order valence-electron chi connectivity index (χ1n) is 10.2. The van der Waals surface area contributed by atoms with E-state index in [-0.39, 0.29) is 34.8 Å². The minimum Gasteiger partial charge on any atom is -0.465 e. The molecular weight excluding hydrogens is 465 g/mol. The number of carboxylic acid groups (broad SMARTS) is 1. The van der Waals surface area contributed by atoms with Crippen molar-refractivity contribution in [3.05, 3.63) is 29.3 Å². The molecule has 13 heteroatoms. The number of oxazole rings is 1. The normalized spacial score (nSPS) is 21.3. The second-order valence-corrected chi connectivity index (χ2v) is 8.76. The predicted octanol–water partition coefficient (Wildman–Crippen LogP) is 3.50. The van der Waals surface area contributed by atoms with Gasteiger partial charge in [-0.1, -0.05) is 6.07 Å². The lowest BCUT2D eigenvalue weighted by molar-refractivity contribution is -0.225. The first-order chi connectivity index (χ1) is 15.8. The van der Waals surface area contributed by atoms with Crippen molar-refractivity contribution in [3.63, 3.8) is 0 Å². The third-order valence-corrected chi connectivity index (χ3v) is 6.67. The van der Waals surface area contributed by atoms with Gasteiger partial charge in [0.1, 0.15) is 10.5 Å². The van der Waals surface area contributed by atoms with Gasteiger partial charge in [0.25, 0.3) is 6.01 Å². The number of carbonyl (C=O) groups is 1. The number of aliphatic hydroxyl groups is 1. The largest absolute Gasteiger partial charge is 0.465 e. The minimum absolute atomic E-state index is 0.00713. The molecule has 0 radical (unpaired) electrons. The van der Waals surface area contributed by atoms with Gasteiger partial charge in [-0.25, -0.2) is 9.78 Å². The van der Waals surface area contributed by atoms with Crippen LogP contribution >= 0.6 is 11.3 Å². The lowest BCUT2D eigenvalue weighted by Crippen LogP contribution is -2.70. The number of piperazine rings is 1. The number of hydrogen-bond donors (Lipinski definition) is 2. The van der Waals surface area contributed by atoms with E-state index in [0.717, 1.165) is 6.42 Å². The van der Waals surface area contributed by atoms with Gasteiger partial charge in [0, 0.05) is 30.2 Å². The Kier molecular flexibility index (Phi) is 5.41. The number of thiazole rings is 1. The second kappa shape index (κ2) is 8.15. The number of hydrogen-bond acceptors (Lipinski definition) is 8. The number of rotatable bonds is 6. The van der Waals surface area contributed by atoms with Crippen LogP contribution in [-0.4, -0.2) is 75.7 Å². The van der Waals surface area contributed by atoms with Crippen LogP contribution in [-0.2, 0) is 4.74 Å². The quantitative estimate of drug-likeness (QED) is 0.547. The van der Waals surface area contributed by atoms with E-state index in [1.54, 1.807) is 16.5 Å². The van der Waals surface area contributed by atoms with Crippen LogP contribution in [0.1, 0.15) is 18.1 Å². The monoisotopic (exact) mass is 484 g/mol. The molecule has 2 aromatic heterocycles. The summed E-state index contributed by atoms with van der Waals surface area (Å²) >= 11 is 1.31. The van der Waals surface area contributed by atoms with Gasteiger partial charge in [0.05, 0.1) is 30.9 Å². The smallest absolute Gasteiger partial charge is 0.418 e. The molecule has 3 fully saturated rings. The molecule has 9 nitrogen and oxygen atoms in total. The molecule has 3 saturated heterocycles. The van der Waals surface area contributed by atoms with E-state index in [0.29, 0.717) is 23.7 Å². The fourth-order valence-electron chi connectivity index (χ4n) is 4.50. The van der Waals surface area contributed by atoms with Crippen LogP contribution in [0, 0.1) is 0 Å². The topological polar surface area (TPSA) is 112 Å². The van der Waals surface area contributed by atoms with Crippen molar-refractivity contribution in [2.75, 3.05) is 31.2 Å². The first kappa shape index (κ1) is 21.9. The summed E-state index contributed by atoms with van der Waals surface area (Å²) in [5.74, 6) is 0. The Bertz CT molecular complexity index is 1160. The van der Waals surface area contributed by atoms with E-state index in [1.807, 2.05) is 0 Å². The number of fused-ring (bicyclic) bond motifs is 3. The summed E-state index contributed by atoms with van der Waals surface area (Å²) in [6, 6.07) is 2.47. The lowest BCUT2D eigenvalue weighted by Gasteiger charge is -2.54. The molecule has 1 amide bonds. The molecular formula is C20H19F3N4O5S. The first-order valence-corrected chi connectivity index (χ1v) is 11.0. The van der Waals surface area contributed by atoms with E-state index < -0.39 is 31.6 Å². The van der Waals surface area contributed by atoms with Crippen LogP contribution in [0.15, 0.2) is 28.1 Å². The predicted molar refractivity (Wildman–Crippen MR) is 111 cm³/mol. The molecule has 176 valence electrons. The molecule has 0 spiro atoms. The van der Waals surface area contributed by atoms with Gasteiger partial charge in [-0.15, -0.1) is 11.3 Å². The van der Waals surface area contributed by atoms with Crippen LogP contribution in [0.4, 0.5) is 24.0 Å². The Hall–Kier alpha value is -2.90. The van der Waals surface area contributed by atoms with Crippen LogP contribution in [0.5, 0.6) is 0 Å². The van der Waals surface area contributed by atoms with E-state index in [9.17, 15) is 23.1 Å². The highest BCUT2D eigenvalue weighted by molar-refractivity contribution is 7.13. The number of halogens is 3. The molecule has 3 aliphatic rings. The van der Waals surface area contributed by atoms with Crippen LogP contribution < -0.4 is 4.90 Å². The molecule has 0 saturated carbocycles. The maximum absolute atomic E-state index is 13.8. The molecule has 3 unspecified atom stereocenters. The average Bonchev–Trinajstić information content (AvgIpc) is 3.43. The van der Waals surface area contributed by atoms with Crippen molar-refractivity contribution < 1.29 is 37.3 Å². The van der Waals surface area contributed by atoms with Gasteiger partial charge >= 0.3 is 12.3 Å². The molecule has 6 rings (SSSR count). The van der Waals surface area contributed by atoms with Crippen LogP contribution in [0.3, 0.4) is 0 Å². The van der Waals surface area contributed by atoms with E-state index in [1.165, 1.54) is 28.4 Å². The molecule has 1 aromatic carbocycles. The molecule has 3 atom stereocenters. The van der Waals surface area contributed by atoms with Gasteiger partial charge in [0.2, 0.25) is 0 Å². The van der Waals surface area contributed by atoms with Crippen molar-refractivity contribution >= 4 is 34.5 Å². The number of aliphatic hydroxyl groups excluding tert-OH is 1. The van der Waals surface area contributed by atoms with Crippen molar-refractivity contribution in [1.82, 2.24) is 14.9 Å². The Balaban J connectivity index is 1.58. The fourth-order valence-corrected chi connectivity index (χ4v) is 5.16. The minimum atomic E-state index is -4.74. The lowest BCUT2D eigenvalue weighted by atomic mass is 9.88. The Morgan fingerprint density at radius 2 is 2.09 bits per heavy atom. The number of anilines is 1. The maximum Gasteiger partial charge on any atom is 0.418 e. The number of nitrogens with zero attached hydrogens (tertiary/aromatic N) is 4. The van der Waals surface area contributed by atoms with Crippen molar-refractivity contribution in [3.8, 4) is 10.6 Å². The number of alkyl halides is 3. The highest BCUT2D eigenvalue weighted by Gasteiger charge is 2.49. The van der Waals surface area contributed by atoms with Gasteiger partial charge in [0.15, 0.2) is 11.7 Å². The SMILES string of the molecule is O=C(O)N1C2CC1CN(c1nc3c(C(OCCO)C(F)(F)F)ccc(-c4nccs4)c3o1)C2. The Morgan fingerprint density at radius 1 is 1.33 bits per heavy atom. The van der Waals surface area contributed by atoms with Crippen LogP contribution in [0.25, 0.3) is 21.7 Å². The summed E-state index contributed by atoms with van der Waals surface area (Å²) in [7, 11) is 0. The summed E-state index contributed by atoms with van der Waals surface area (Å²) in [6.45, 7) is -0.388. The average molecular weight is 484 g/mol. The zero-order valence-corrected chi connectivity index (χ0v) is 17.8. The summed E-state index contributed by atoms with van der Waals surface area (Å²) in [4.78, 5) is 23.2. The summed E-state index contributed by atoms with van der Waals surface area (Å²) in [5, 5.41) is 20.6. The number of amides is 1. The van der Waals surface area contributed by atoms with E-state index in [4.69, 9.17) is 14.3 Å². The van der Waals surface area contributed by atoms with Crippen molar-refractivity contribution in [1.29, 1.82) is 0 Å². The van der Waals surface area contributed by atoms with Crippen molar-refractivity contribution in [2.45, 2.75) is 30.8 Å². The van der Waals surface area contributed by atoms with Gasteiger partial charge in [-0.05, 0) is 12.5 Å². The molecule has 5 heterocycles. The van der Waals surface area contributed by atoms with Crippen molar-refractivity contribution in [2.24, 2.45) is 0 Å². The standard InChI is InChI=1S/C20H19F3N4O5S/c21-20(22,23)16(31-5-4-28)12-1-2-13(17-24-3-6-33-17)15-14(12)25-18(32-15)26-8-10-7-11(9-26)27(10)19(29)30/h1-3,6,10-11,16,28H,4-5,7-9H2,(H,29,30). The summed E-state index contributed by atoms with van der Waals surface area (Å²) in [5.41, 5.74) is 0.413. The third-order valence-electron chi connectivity index (χ3n) is 5.87. The second-order valence-electron chi connectivity index (χ2n) is 7.87. The van der Waals surface area contributed by atoms with Gasteiger partial charge < -0.3 is 24.3 Å². The number of aromatic nitrogens is 2. The maximum atomic E-state index is 13.8. The zero-order valence-electron chi connectivity index (χ0n) is 17.0. The highest BCUT2D eigenvalue weighted by atomic mass is 32.1. The highest BCUT2D eigenvalue weighted by Crippen LogP contribution is 2.43. The molecule has 3 aliphatic heterocycles. The van der Waals surface area contributed by atoms with Gasteiger partial charge in [-0.3, -0.25) is 4.90 Å². The molecule has 3 aromatic rings. The Labute approximate surface area is 189 Å². The van der Waals surface area contributed by atoms with E-state index in [2.05, 4.69) is 9.97 Å². The molecule has 2 bridgehead atoms. The van der Waals surface area contributed by atoms with Crippen LogP contribution in [0.2, 0.25) is 0 Å². The third kappa shape index (κ3) is 3.79. The fraction of sp³-hybridized carbons (Fsp3) is 0.450. The summed E-state index contributed by atoms with van der Waals surface area (Å²) in [6.07, 6.45) is -5.72. The van der Waals surface area contributed by atoms with Gasteiger partial charge in [-0.2, -0.15) is 18.2 Å². The molecule has 2 N–H and O–H groups in total. The number of piperidine rings is 1. The Morgan fingerprint density at radius 3 is 2.70 bits per heavy atom. The number of ether oxygens (including phenoxy) is 1. The summed E-state index contributed by atoms with van der Waals surface area (Å²) < 4.78 is 52.4. The number of benzene rings is 1. The molecule has 0 aliphatic carbocycles.